The molecule has 20 heavy (non-hydrogen) atoms. The van der Waals surface area contributed by atoms with E-state index in [2.05, 4.69) is 5.32 Å². The molecular weight excluding hydrogens is 278 g/mol. The Balaban J connectivity index is 0.00000200. The zero-order valence-corrected chi connectivity index (χ0v) is 12.8. The molecule has 0 aromatic heterocycles. The molecular formula is C14H26ClN3O2. The van der Waals surface area contributed by atoms with Gasteiger partial charge in [0.05, 0.1) is 6.54 Å². The molecule has 0 aromatic carbocycles. The third kappa shape index (κ3) is 5.29. The van der Waals surface area contributed by atoms with Crippen molar-refractivity contribution in [2.24, 2.45) is 11.7 Å². The van der Waals surface area contributed by atoms with Gasteiger partial charge in [-0.25, -0.2) is 0 Å². The lowest BCUT2D eigenvalue weighted by molar-refractivity contribution is -0.136. The molecule has 0 radical (unpaired) electrons. The summed E-state index contributed by atoms with van der Waals surface area (Å²) < 4.78 is 0. The number of likely N-dealkylation sites (tertiary alicyclic amines) is 1. The summed E-state index contributed by atoms with van der Waals surface area (Å²) in [7, 11) is 0. The molecule has 1 saturated heterocycles. The molecule has 0 bridgehead atoms. The molecule has 2 fully saturated rings. The maximum absolute atomic E-state index is 12.0. The fraction of sp³-hybridized carbons (Fsp3) is 0.857. The fourth-order valence-electron chi connectivity index (χ4n) is 2.68. The second kappa shape index (κ2) is 8.47. The first kappa shape index (κ1) is 17.2. The molecule has 0 aromatic rings. The van der Waals surface area contributed by atoms with Crippen molar-refractivity contribution in [3.05, 3.63) is 0 Å². The number of nitrogens with one attached hydrogen (secondary N) is 1. The second-order valence-corrected chi connectivity index (χ2v) is 5.73. The number of nitrogens with two attached hydrogens (primary N) is 1. The minimum Gasteiger partial charge on any atom is -0.350 e. The number of carbonyl (C=O) groups is 2. The molecule has 3 N–H and O–H groups in total. The SMILES string of the molecule is Cl.NCC(NC(=O)CN1CCCCCCC1=O)C1CC1. The highest BCUT2D eigenvalue weighted by atomic mass is 35.5. The third-order valence-electron chi connectivity index (χ3n) is 4.05. The van der Waals surface area contributed by atoms with Crippen LogP contribution in [0.25, 0.3) is 0 Å². The highest BCUT2D eigenvalue weighted by Gasteiger charge is 2.31. The van der Waals surface area contributed by atoms with Crippen LogP contribution in [0, 0.1) is 5.92 Å². The molecule has 2 amide bonds. The summed E-state index contributed by atoms with van der Waals surface area (Å²) in [6.07, 6.45) is 7.12. The average molecular weight is 304 g/mol. The van der Waals surface area contributed by atoms with Gasteiger partial charge in [0.2, 0.25) is 11.8 Å². The number of carbonyl (C=O) groups excluding carboxylic acids is 2. The average Bonchev–Trinajstić information content (AvgIpc) is 3.20. The second-order valence-electron chi connectivity index (χ2n) is 5.73. The normalized spacial score (nSPS) is 21.4. The first-order chi connectivity index (χ1) is 9.20. The highest BCUT2D eigenvalue weighted by Crippen LogP contribution is 2.32. The molecule has 1 saturated carbocycles. The van der Waals surface area contributed by atoms with Crippen molar-refractivity contribution in [1.82, 2.24) is 10.2 Å². The van der Waals surface area contributed by atoms with Crippen LogP contribution in [0.3, 0.4) is 0 Å². The van der Waals surface area contributed by atoms with Crippen LogP contribution >= 0.6 is 12.4 Å². The lowest BCUT2D eigenvalue weighted by Gasteiger charge is -2.25. The molecule has 6 heteroatoms. The van der Waals surface area contributed by atoms with Crippen LogP contribution in [0.2, 0.25) is 0 Å². The molecule has 0 spiro atoms. The van der Waals surface area contributed by atoms with E-state index in [0.29, 0.717) is 25.4 Å². The van der Waals surface area contributed by atoms with Crippen molar-refractivity contribution < 1.29 is 9.59 Å². The first-order valence-electron chi connectivity index (χ1n) is 7.48. The molecule has 1 heterocycles. The van der Waals surface area contributed by atoms with Crippen LogP contribution in [-0.4, -0.2) is 42.4 Å². The van der Waals surface area contributed by atoms with Crippen molar-refractivity contribution in [2.75, 3.05) is 19.6 Å². The Kier molecular flexibility index (Phi) is 7.30. The van der Waals surface area contributed by atoms with Gasteiger partial charge >= 0.3 is 0 Å². The molecule has 5 nitrogen and oxygen atoms in total. The van der Waals surface area contributed by atoms with E-state index in [4.69, 9.17) is 5.73 Å². The van der Waals surface area contributed by atoms with Gasteiger partial charge in [-0.1, -0.05) is 12.8 Å². The summed E-state index contributed by atoms with van der Waals surface area (Å²) >= 11 is 0. The predicted molar refractivity (Wildman–Crippen MR) is 80.6 cm³/mol. The Bertz CT molecular complexity index is 334. The van der Waals surface area contributed by atoms with Gasteiger partial charge in [0.15, 0.2) is 0 Å². The van der Waals surface area contributed by atoms with Crippen LogP contribution in [0.1, 0.15) is 44.9 Å². The molecule has 1 unspecified atom stereocenters. The van der Waals surface area contributed by atoms with Crippen LogP contribution < -0.4 is 11.1 Å². The number of halogens is 1. The Morgan fingerprint density at radius 2 is 2.00 bits per heavy atom. The summed E-state index contributed by atoms with van der Waals surface area (Å²) in [5.74, 6) is 0.610. The maximum atomic E-state index is 12.0. The minimum atomic E-state index is -0.0590. The van der Waals surface area contributed by atoms with Gasteiger partial charge in [0.25, 0.3) is 0 Å². The predicted octanol–water partition coefficient (Wildman–Crippen LogP) is 1.05. The molecule has 1 aliphatic heterocycles. The molecule has 2 rings (SSSR count). The number of hydrogen-bond donors (Lipinski definition) is 2. The smallest absolute Gasteiger partial charge is 0.239 e. The molecule has 2 aliphatic rings. The number of amides is 2. The zero-order valence-electron chi connectivity index (χ0n) is 12.0. The van der Waals surface area contributed by atoms with E-state index >= 15 is 0 Å². The van der Waals surface area contributed by atoms with Gasteiger partial charge in [-0.2, -0.15) is 0 Å². The van der Waals surface area contributed by atoms with Gasteiger partial charge < -0.3 is 16.0 Å². The monoisotopic (exact) mass is 303 g/mol. The third-order valence-corrected chi connectivity index (χ3v) is 4.05. The fourth-order valence-corrected chi connectivity index (χ4v) is 2.68. The minimum absolute atomic E-state index is 0. The number of hydrogen-bond acceptors (Lipinski definition) is 3. The van der Waals surface area contributed by atoms with Crippen LogP contribution in [0.15, 0.2) is 0 Å². The van der Waals surface area contributed by atoms with Crippen molar-refractivity contribution in [3.63, 3.8) is 0 Å². The van der Waals surface area contributed by atoms with E-state index in [-0.39, 0.29) is 36.8 Å². The van der Waals surface area contributed by atoms with Crippen LogP contribution in [-0.2, 0) is 9.59 Å². The van der Waals surface area contributed by atoms with Crippen molar-refractivity contribution >= 4 is 24.2 Å². The van der Waals surface area contributed by atoms with Gasteiger partial charge in [0, 0.05) is 25.6 Å². The lowest BCUT2D eigenvalue weighted by atomic mass is 10.1. The molecule has 1 atom stereocenters. The van der Waals surface area contributed by atoms with Crippen molar-refractivity contribution in [3.8, 4) is 0 Å². The summed E-state index contributed by atoms with van der Waals surface area (Å²) in [6, 6.07) is 0.0948. The van der Waals surface area contributed by atoms with E-state index in [1.165, 1.54) is 0 Å². The highest BCUT2D eigenvalue weighted by molar-refractivity contribution is 5.85. The first-order valence-corrected chi connectivity index (χ1v) is 7.48. The van der Waals surface area contributed by atoms with E-state index in [9.17, 15) is 9.59 Å². The lowest BCUT2D eigenvalue weighted by Crippen LogP contribution is -2.47. The largest absolute Gasteiger partial charge is 0.350 e. The Hall–Kier alpha value is -0.810. The van der Waals surface area contributed by atoms with Crippen molar-refractivity contribution in [2.45, 2.75) is 51.0 Å². The number of nitrogens with zero attached hydrogens (tertiary/aromatic N) is 1. The van der Waals surface area contributed by atoms with Crippen LogP contribution in [0.5, 0.6) is 0 Å². The summed E-state index contributed by atoms with van der Waals surface area (Å²) in [5.41, 5.74) is 5.67. The summed E-state index contributed by atoms with van der Waals surface area (Å²) in [6.45, 7) is 1.40. The van der Waals surface area contributed by atoms with Gasteiger partial charge in [-0.05, 0) is 31.6 Å². The van der Waals surface area contributed by atoms with Gasteiger partial charge in [0.1, 0.15) is 0 Å². The molecule has 1 aliphatic carbocycles. The standard InChI is InChI=1S/C14H25N3O2.ClH/c15-9-12(11-6-7-11)16-13(18)10-17-8-4-2-1-3-5-14(17)19;/h11-12H,1-10,15H2,(H,16,18);1H. The topological polar surface area (TPSA) is 75.4 Å². The Morgan fingerprint density at radius 3 is 2.65 bits per heavy atom. The van der Waals surface area contributed by atoms with Crippen molar-refractivity contribution in [1.29, 1.82) is 0 Å². The Labute approximate surface area is 127 Å². The van der Waals surface area contributed by atoms with Gasteiger partial charge in [-0.15, -0.1) is 12.4 Å². The van der Waals surface area contributed by atoms with E-state index in [1.54, 1.807) is 4.90 Å². The quantitative estimate of drug-likeness (QED) is 0.797. The van der Waals surface area contributed by atoms with E-state index in [1.807, 2.05) is 0 Å². The zero-order chi connectivity index (χ0) is 13.7. The van der Waals surface area contributed by atoms with Crippen LogP contribution in [0.4, 0.5) is 0 Å². The summed E-state index contributed by atoms with van der Waals surface area (Å²) in [5, 5.41) is 2.97. The number of rotatable bonds is 5. The van der Waals surface area contributed by atoms with Gasteiger partial charge in [-0.3, -0.25) is 9.59 Å². The molecule has 116 valence electrons. The van der Waals surface area contributed by atoms with E-state index < -0.39 is 0 Å². The van der Waals surface area contributed by atoms with E-state index in [0.717, 1.165) is 38.5 Å². The Morgan fingerprint density at radius 1 is 1.30 bits per heavy atom. The maximum Gasteiger partial charge on any atom is 0.239 e. The summed E-state index contributed by atoms with van der Waals surface area (Å²) in [4.78, 5) is 25.6.